The van der Waals surface area contributed by atoms with E-state index in [1.165, 1.54) is 6.07 Å². The van der Waals surface area contributed by atoms with Gasteiger partial charge < -0.3 is 24.6 Å². The summed E-state index contributed by atoms with van der Waals surface area (Å²) < 4.78 is 24.7. The van der Waals surface area contributed by atoms with E-state index in [9.17, 15) is 9.18 Å². The lowest BCUT2D eigenvalue weighted by Crippen LogP contribution is -2.53. The molecule has 0 aromatic heterocycles. The maximum atomic E-state index is 14.0. The minimum absolute atomic E-state index is 0.0783. The van der Waals surface area contributed by atoms with E-state index in [0.29, 0.717) is 43.4 Å². The van der Waals surface area contributed by atoms with Gasteiger partial charge in [0.1, 0.15) is 5.82 Å². The van der Waals surface area contributed by atoms with Crippen molar-refractivity contribution in [3.8, 4) is 11.5 Å². The van der Waals surface area contributed by atoms with Crippen LogP contribution in [0, 0.1) is 5.82 Å². The van der Waals surface area contributed by atoms with Gasteiger partial charge in [0.2, 0.25) is 0 Å². The molecule has 1 heterocycles. The normalized spacial score (nSPS) is 17.6. The van der Waals surface area contributed by atoms with Crippen LogP contribution >= 0.6 is 0 Å². The number of urea groups is 1. The monoisotopic (exact) mass is 399 g/mol. The average molecular weight is 399 g/mol. The van der Waals surface area contributed by atoms with Crippen LogP contribution in [0.25, 0.3) is 0 Å². The summed E-state index contributed by atoms with van der Waals surface area (Å²) in [6.45, 7) is 2.33. The van der Waals surface area contributed by atoms with Crippen LogP contribution < -0.4 is 19.7 Å². The van der Waals surface area contributed by atoms with Crippen molar-refractivity contribution in [3.05, 3.63) is 53.8 Å². The molecule has 4 rings (SSSR count). The van der Waals surface area contributed by atoms with Gasteiger partial charge in [-0.05, 0) is 42.7 Å². The predicted molar refractivity (Wildman–Crippen MR) is 109 cm³/mol. The van der Waals surface area contributed by atoms with E-state index >= 15 is 0 Å². The van der Waals surface area contributed by atoms with Crippen LogP contribution in [0.1, 0.15) is 18.4 Å². The molecule has 154 valence electrons. The summed E-state index contributed by atoms with van der Waals surface area (Å²) in [5, 5.41) is 3.21. The van der Waals surface area contributed by atoms with Crippen molar-refractivity contribution < 1.29 is 18.7 Å². The van der Waals surface area contributed by atoms with Crippen molar-refractivity contribution in [2.75, 3.05) is 45.3 Å². The second-order valence-corrected chi connectivity index (χ2v) is 7.51. The Morgan fingerprint density at radius 2 is 1.69 bits per heavy atom. The fourth-order valence-corrected chi connectivity index (χ4v) is 3.89. The Balaban J connectivity index is 1.39. The van der Waals surface area contributed by atoms with Gasteiger partial charge in [-0.1, -0.05) is 18.2 Å². The molecular formula is C22H26FN3O3. The molecule has 2 aromatic carbocycles. The molecule has 0 bridgehead atoms. The molecule has 2 aromatic rings. The largest absolute Gasteiger partial charge is 0.493 e. The smallest absolute Gasteiger partial charge is 0.318 e. The van der Waals surface area contributed by atoms with E-state index in [1.54, 1.807) is 31.3 Å². The molecule has 2 fully saturated rings. The Bertz CT molecular complexity index is 893. The van der Waals surface area contributed by atoms with Gasteiger partial charge in [-0.3, -0.25) is 0 Å². The molecule has 1 saturated carbocycles. The first-order chi connectivity index (χ1) is 14.1. The van der Waals surface area contributed by atoms with Crippen molar-refractivity contribution >= 4 is 11.7 Å². The molecule has 0 unspecified atom stereocenters. The number of hydrogen-bond acceptors (Lipinski definition) is 4. The fourth-order valence-electron chi connectivity index (χ4n) is 3.89. The Kier molecular flexibility index (Phi) is 5.22. The molecule has 0 atom stereocenters. The summed E-state index contributed by atoms with van der Waals surface area (Å²) >= 11 is 0. The number of carbonyl (C=O) groups is 1. The lowest BCUT2D eigenvalue weighted by molar-refractivity contribution is 0.188. The van der Waals surface area contributed by atoms with Crippen molar-refractivity contribution in [1.29, 1.82) is 0 Å². The van der Waals surface area contributed by atoms with E-state index in [1.807, 2.05) is 29.2 Å². The third kappa shape index (κ3) is 3.81. The summed E-state index contributed by atoms with van der Waals surface area (Å²) in [6, 6.07) is 12.5. The molecule has 1 aliphatic heterocycles. The Morgan fingerprint density at radius 3 is 2.31 bits per heavy atom. The first kappa shape index (κ1) is 19.4. The molecule has 0 spiro atoms. The molecule has 1 N–H and O–H groups in total. The Morgan fingerprint density at radius 1 is 1.00 bits per heavy atom. The third-order valence-electron chi connectivity index (χ3n) is 5.79. The number of benzene rings is 2. The Labute approximate surface area is 170 Å². The highest BCUT2D eigenvalue weighted by atomic mass is 19.1. The number of ether oxygens (including phenoxy) is 2. The molecule has 6 nitrogen and oxygen atoms in total. The SMILES string of the molecule is COc1ccc(C2(NC(=O)N3CCN(c4ccccc4F)CC3)CC2)cc1OC. The average Bonchev–Trinajstić information content (AvgIpc) is 3.54. The number of nitrogens with zero attached hydrogens (tertiary/aromatic N) is 2. The number of hydrogen-bond donors (Lipinski definition) is 1. The van der Waals surface area contributed by atoms with E-state index in [0.717, 1.165) is 18.4 Å². The summed E-state index contributed by atoms with van der Waals surface area (Å²) in [6.07, 6.45) is 1.78. The first-order valence-electron chi connectivity index (χ1n) is 9.85. The van der Waals surface area contributed by atoms with Crippen LogP contribution in [-0.4, -0.2) is 51.3 Å². The number of nitrogens with one attached hydrogen (secondary N) is 1. The van der Waals surface area contributed by atoms with Gasteiger partial charge in [0, 0.05) is 26.2 Å². The molecule has 1 saturated heterocycles. The predicted octanol–water partition coefficient (Wildman–Crippen LogP) is 3.36. The molecule has 7 heteroatoms. The first-order valence-corrected chi connectivity index (χ1v) is 9.85. The number of amides is 2. The maximum Gasteiger partial charge on any atom is 0.318 e. The summed E-state index contributed by atoms with van der Waals surface area (Å²) in [5.74, 6) is 1.10. The van der Waals surface area contributed by atoms with Crippen LogP contribution in [0.4, 0.5) is 14.9 Å². The number of rotatable bonds is 5. The summed E-state index contributed by atoms with van der Waals surface area (Å²) in [7, 11) is 3.21. The zero-order valence-electron chi connectivity index (χ0n) is 16.8. The van der Waals surface area contributed by atoms with Crippen LogP contribution in [0.2, 0.25) is 0 Å². The number of para-hydroxylation sites is 1. The van der Waals surface area contributed by atoms with Gasteiger partial charge >= 0.3 is 6.03 Å². The van der Waals surface area contributed by atoms with Gasteiger partial charge in [0.05, 0.1) is 25.4 Å². The second kappa shape index (κ2) is 7.81. The number of halogens is 1. The summed E-state index contributed by atoms with van der Waals surface area (Å²) in [4.78, 5) is 16.7. The van der Waals surface area contributed by atoms with Crippen molar-refractivity contribution in [1.82, 2.24) is 10.2 Å². The number of carbonyl (C=O) groups excluding carboxylic acids is 1. The minimum Gasteiger partial charge on any atom is -0.493 e. The lowest BCUT2D eigenvalue weighted by atomic mass is 10.0. The number of anilines is 1. The van der Waals surface area contributed by atoms with E-state index in [2.05, 4.69) is 5.32 Å². The van der Waals surface area contributed by atoms with Gasteiger partial charge in [-0.15, -0.1) is 0 Å². The maximum absolute atomic E-state index is 14.0. The van der Waals surface area contributed by atoms with Gasteiger partial charge in [0.25, 0.3) is 0 Å². The molecule has 29 heavy (non-hydrogen) atoms. The molecule has 2 amide bonds. The fraction of sp³-hybridized carbons (Fsp3) is 0.409. The zero-order valence-corrected chi connectivity index (χ0v) is 16.8. The van der Waals surface area contributed by atoms with Crippen molar-refractivity contribution in [2.45, 2.75) is 18.4 Å². The highest BCUT2D eigenvalue weighted by Gasteiger charge is 2.47. The van der Waals surface area contributed by atoms with Gasteiger partial charge in [0.15, 0.2) is 11.5 Å². The topological polar surface area (TPSA) is 54.0 Å². The molecular weight excluding hydrogens is 373 g/mol. The van der Waals surface area contributed by atoms with Crippen LogP contribution in [0.3, 0.4) is 0 Å². The van der Waals surface area contributed by atoms with Gasteiger partial charge in [-0.2, -0.15) is 0 Å². The zero-order chi connectivity index (χ0) is 20.4. The molecule has 2 aliphatic rings. The van der Waals surface area contributed by atoms with E-state index < -0.39 is 0 Å². The van der Waals surface area contributed by atoms with E-state index in [4.69, 9.17) is 9.47 Å². The van der Waals surface area contributed by atoms with Crippen LogP contribution in [0.5, 0.6) is 11.5 Å². The highest BCUT2D eigenvalue weighted by Crippen LogP contribution is 2.47. The van der Waals surface area contributed by atoms with E-state index in [-0.39, 0.29) is 17.4 Å². The highest BCUT2D eigenvalue weighted by molar-refractivity contribution is 5.76. The molecule has 0 radical (unpaired) electrons. The van der Waals surface area contributed by atoms with Crippen molar-refractivity contribution in [3.63, 3.8) is 0 Å². The summed E-state index contributed by atoms with van der Waals surface area (Å²) in [5.41, 5.74) is 1.27. The van der Waals surface area contributed by atoms with Gasteiger partial charge in [-0.25, -0.2) is 9.18 Å². The minimum atomic E-state index is -0.348. The number of piperazine rings is 1. The second-order valence-electron chi connectivity index (χ2n) is 7.51. The van der Waals surface area contributed by atoms with Crippen molar-refractivity contribution in [2.24, 2.45) is 0 Å². The van der Waals surface area contributed by atoms with Crippen LogP contribution in [-0.2, 0) is 5.54 Å². The molecule has 1 aliphatic carbocycles. The quantitative estimate of drug-likeness (QED) is 0.838. The third-order valence-corrected chi connectivity index (χ3v) is 5.79. The Hall–Kier alpha value is -2.96. The number of methoxy groups -OCH3 is 2. The standard InChI is InChI=1S/C22H26FN3O3/c1-28-19-8-7-16(15-20(19)29-2)22(9-10-22)24-21(27)26-13-11-25(12-14-26)18-6-4-3-5-17(18)23/h3-8,15H,9-14H2,1-2H3,(H,24,27). The lowest BCUT2D eigenvalue weighted by Gasteiger charge is -2.37. The van der Waals surface area contributed by atoms with Crippen LogP contribution in [0.15, 0.2) is 42.5 Å².